The van der Waals surface area contributed by atoms with Crippen LogP contribution in [0.4, 0.5) is 5.69 Å². The molecule has 0 aromatic heterocycles. The fourth-order valence-electron chi connectivity index (χ4n) is 4.52. The summed E-state index contributed by atoms with van der Waals surface area (Å²) in [6, 6.07) is 14.0. The van der Waals surface area contributed by atoms with Crippen LogP contribution in [-0.4, -0.2) is 57.2 Å². The molecule has 10 nitrogen and oxygen atoms in total. The molecule has 1 heterocycles. The first-order chi connectivity index (χ1) is 19.9. The number of likely N-dealkylation sites (tertiary alicyclic amines) is 1. The summed E-state index contributed by atoms with van der Waals surface area (Å²) in [6.07, 6.45) is 1.39. The van der Waals surface area contributed by atoms with Gasteiger partial charge in [0, 0.05) is 21.3 Å². The molecule has 0 radical (unpaired) electrons. The van der Waals surface area contributed by atoms with E-state index >= 15 is 0 Å². The van der Waals surface area contributed by atoms with Gasteiger partial charge in [0.15, 0.2) is 12.4 Å². The number of amides is 2. The topological polar surface area (TPSA) is 146 Å². The average molecular weight is 630 g/mol. The van der Waals surface area contributed by atoms with Crippen molar-refractivity contribution in [2.24, 2.45) is 0 Å². The second kappa shape index (κ2) is 12.9. The standard InChI is InChI=1S/C29H26Cl2N4O6S/c1-17-10-22(42(39,40)34-29(38)25-4-3-9-35(25)2)6-7-24(17)33-27(36)16-41-26-8-5-20(30)14-23(26)28(37)19-11-18(15-32)12-21(31)13-19/h5-8,10-14,25H,3-4,9,16H2,1-2H3,(H,33,36)(H,34,38)/t25-/m0/s1. The number of carbonyl (C=O) groups is 3. The molecule has 0 saturated carbocycles. The summed E-state index contributed by atoms with van der Waals surface area (Å²) in [4.78, 5) is 40.1. The molecule has 0 bridgehead atoms. The van der Waals surface area contributed by atoms with Crippen LogP contribution in [0.5, 0.6) is 5.75 Å². The normalized spacial score (nSPS) is 15.1. The highest BCUT2D eigenvalue weighted by Crippen LogP contribution is 2.28. The molecule has 0 aliphatic carbocycles. The fourth-order valence-corrected chi connectivity index (χ4v) is 6.03. The van der Waals surface area contributed by atoms with E-state index in [0.717, 1.165) is 13.0 Å². The maximum absolute atomic E-state index is 13.2. The molecule has 4 rings (SSSR count). The van der Waals surface area contributed by atoms with E-state index in [1.807, 2.05) is 11.0 Å². The summed E-state index contributed by atoms with van der Waals surface area (Å²) in [6.45, 7) is 1.85. The number of benzene rings is 3. The Hall–Kier alpha value is -3.95. The van der Waals surface area contributed by atoms with E-state index in [1.54, 1.807) is 14.0 Å². The van der Waals surface area contributed by atoms with E-state index in [9.17, 15) is 28.1 Å². The number of hydrogen-bond donors (Lipinski definition) is 2. The number of ether oxygens (including phenoxy) is 1. The Kier molecular flexibility index (Phi) is 9.53. The monoisotopic (exact) mass is 628 g/mol. The lowest BCUT2D eigenvalue weighted by atomic mass is 10.0. The smallest absolute Gasteiger partial charge is 0.264 e. The zero-order chi connectivity index (χ0) is 30.6. The molecular weight excluding hydrogens is 603 g/mol. The van der Waals surface area contributed by atoms with Crippen LogP contribution in [0.2, 0.25) is 10.0 Å². The Labute approximate surface area is 253 Å². The first kappa shape index (κ1) is 31.0. The minimum absolute atomic E-state index is 0.0676. The van der Waals surface area contributed by atoms with Crippen LogP contribution in [0.1, 0.15) is 39.9 Å². The molecule has 3 aromatic rings. The molecule has 218 valence electrons. The van der Waals surface area contributed by atoms with Gasteiger partial charge >= 0.3 is 0 Å². The molecule has 1 aliphatic heterocycles. The Balaban J connectivity index is 1.43. The van der Waals surface area contributed by atoms with Gasteiger partial charge in [-0.05, 0) is 93.5 Å². The van der Waals surface area contributed by atoms with Crippen LogP contribution in [0.15, 0.2) is 59.5 Å². The molecule has 13 heteroatoms. The summed E-state index contributed by atoms with van der Waals surface area (Å²) in [5, 5.41) is 12.3. The van der Waals surface area contributed by atoms with Gasteiger partial charge in [-0.2, -0.15) is 5.26 Å². The third-order valence-electron chi connectivity index (χ3n) is 6.67. The van der Waals surface area contributed by atoms with Crippen molar-refractivity contribution in [2.45, 2.75) is 30.7 Å². The van der Waals surface area contributed by atoms with Gasteiger partial charge in [0.05, 0.1) is 28.1 Å². The lowest BCUT2D eigenvalue weighted by molar-refractivity contribution is -0.123. The molecule has 1 saturated heterocycles. The number of halogens is 2. The predicted octanol–water partition coefficient (Wildman–Crippen LogP) is 4.32. The van der Waals surface area contributed by atoms with E-state index in [0.29, 0.717) is 17.7 Å². The second-order valence-corrected chi connectivity index (χ2v) is 12.3. The summed E-state index contributed by atoms with van der Waals surface area (Å²) < 4.78 is 33.4. The predicted molar refractivity (Wildman–Crippen MR) is 157 cm³/mol. The van der Waals surface area contributed by atoms with Crippen molar-refractivity contribution in [3.05, 3.63) is 86.9 Å². The van der Waals surface area contributed by atoms with Crippen LogP contribution in [0, 0.1) is 18.3 Å². The number of hydrogen-bond acceptors (Lipinski definition) is 8. The summed E-state index contributed by atoms with van der Waals surface area (Å²) >= 11 is 12.1. The molecule has 1 aliphatic rings. The van der Waals surface area contributed by atoms with E-state index in [4.69, 9.17) is 27.9 Å². The van der Waals surface area contributed by atoms with Crippen molar-refractivity contribution >= 4 is 56.5 Å². The molecule has 42 heavy (non-hydrogen) atoms. The highest BCUT2D eigenvalue weighted by atomic mass is 35.5. The number of aryl methyl sites for hydroxylation is 1. The molecule has 0 spiro atoms. The summed E-state index contributed by atoms with van der Waals surface area (Å²) in [5.74, 6) is -1.58. The van der Waals surface area contributed by atoms with Crippen molar-refractivity contribution in [2.75, 3.05) is 25.5 Å². The van der Waals surface area contributed by atoms with Gasteiger partial charge in [-0.25, -0.2) is 13.1 Å². The van der Waals surface area contributed by atoms with Gasteiger partial charge in [-0.3, -0.25) is 19.3 Å². The molecule has 3 aromatic carbocycles. The number of nitrogens with one attached hydrogen (secondary N) is 2. The quantitative estimate of drug-likeness (QED) is 0.333. The van der Waals surface area contributed by atoms with Gasteiger partial charge in [-0.15, -0.1) is 0 Å². The van der Waals surface area contributed by atoms with Crippen LogP contribution in [0.3, 0.4) is 0 Å². The zero-order valence-electron chi connectivity index (χ0n) is 22.6. The number of ketones is 1. The summed E-state index contributed by atoms with van der Waals surface area (Å²) in [7, 11) is -2.34. The second-order valence-electron chi connectivity index (χ2n) is 9.73. The lowest BCUT2D eigenvalue weighted by Crippen LogP contribution is -2.43. The maximum atomic E-state index is 13.2. The molecular formula is C29H26Cl2N4O6S. The van der Waals surface area contributed by atoms with Crippen LogP contribution in [-0.2, 0) is 19.6 Å². The van der Waals surface area contributed by atoms with Crippen LogP contribution < -0.4 is 14.8 Å². The Morgan fingerprint density at radius 3 is 2.50 bits per heavy atom. The van der Waals surface area contributed by atoms with Crippen molar-refractivity contribution in [1.82, 2.24) is 9.62 Å². The third kappa shape index (κ3) is 7.27. The highest BCUT2D eigenvalue weighted by Gasteiger charge is 2.31. The number of anilines is 1. The van der Waals surface area contributed by atoms with Crippen molar-refractivity contribution in [1.29, 1.82) is 5.26 Å². The van der Waals surface area contributed by atoms with Crippen LogP contribution >= 0.6 is 23.2 Å². The molecule has 1 fully saturated rings. The lowest BCUT2D eigenvalue weighted by Gasteiger charge is -2.19. The van der Waals surface area contributed by atoms with Gasteiger partial charge < -0.3 is 10.1 Å². The zero-order valence-corrected chi connectivity index (χ0v) is 24.9. The van der Waals surface area contributed by atoms with E-state index in [2.05, 4.69) is 10.0 Å². The van der Waals surface area contributed by atoms with Crippen molar-refractivity contribution in [3.8, 4) is 11.8 Å². The number of rotatable bonds is 9. The Bertz CT molecular complexity index is 1720. The molecule has 2 N–H and O–H groups in total. The molecule has 1 atom stereocenters. The number of likely N-dealkylation sites (N-methyl/N-ethyl adjacent to an activating group) is 1. The van der Waals surface area contributed by atoms with Crippen LogP contribution in [0.25, 0.3) is 0 Å². The molecule has 0 unspecified atom stereocenters. The SMILES string of the molecule is Cc1cc(S(=O)(=O)NC(=O)[C@@H]2CCCN2C)ccc1NC(=O)COc1ccc(Cl)cc1C(=O)c1cc(Cl)cc(C#N)c1. The fraction of sp³-hybridized carbons (Fsp3) is 0.241. The van der Waals surface area contributed by atoms with Gasteiger partial charge in [0.1, 0.15) is 5.75 Å². The first-order valence-corrected chi connectivity index (χ1v) is 15.0. The van der Waals surface area contributed by atoms with E-state index in [1.165, 1.54) is 54.6 Å². The Morgan fingerprint density at radius 2 is 1.83 bits per heavy atom. The highest BCUT2D eigenvalue weighted by molar-refractivity contribution is 7.90. The number of nitrogens with zero attached hydrogens (tertiary/aromatic N) is 2. The summed E-state index contributed by atoms with van der Waals surface area (Å²) in [5.41, 5.74) is 1.19. The largest absolute Gasteiger partial charge is 0.483 e. The number of nitriles is 1. The number of sulfonamides is 1. The minimum atomic E-state index is -4.11. The first-order valence-electron chi connectivity index (χ1n) is 12.7. The Morgan fingerprint density at radius 1 is 1.07 bits per heavy atom. The van der Waals surface area contributed by atoms with Gasteiger partial charge in [0.25, 0.3) is 21.8 Å². The number of carbonyl (C=O) groups excluding carboxylic acids is 3. The van der Waals surface area contributed by atoms with Gasteiger partial charge in [-0.1, -0.05) is 23.2 Å². The minimum Gasteiger partial charge on any atom is -0.483 e. The van der Waals surface area contributed by atoms with E-state index in [-0.39, 0.29) is 37.4 Å². The average Bonchev–Trinajstić information content (AvgIpc) is 3.38. The van der Waals surface area contributed by atoms with E-state index < -0.39 is 40.3 Å². The van der Waals surface area contributed by atoms with Crippen molar-refractivity contribution in [3.63, 3.8) is 0 Å². The van der Waals surface area contributed by atoms with Gasteiger partial charge in [0.2, 0.25) is 0 Å². The van der Waals surface area contributed by atoms with Crippen molar-refractivity contribution < 1.29 is 27.5 Å². The molecule has 2 amide bonds. The maximum Gasteiger partial charge on any atom is 0.264 e. The third-order valence-corrected chi connectivity index (χ3v) is 8.47.